The van der Waals surface area contributed by atoms with Gasteiger partial charge in [0.25, 0.3) is 0 Å². The minimum absolute atomic E-state index is 1.09. The number of hydrogen-bond acceptors (Lipinski definition) is 0. The molecular formula is C20H38. The normalized spacial score (nSPS) is 21.7. The second kappa shape index (κ2) is 12.5. The Morgan fingerprint density at radius 3 is 2.00 bits per heavy atom. The molecule has 118 valence electrons. The van der Waals surface area contributed by atoms with Crippen LogP contribution in [0.5, 0.6) is 0 Å². The molecular weight excluding hydrogens is 240 g/mol. The first-order valence-electron chi connectivity index (χ1n) is 9.53. The van der Waals surface area contributed by atoms with Crippen LogP contribution in [0.25, 0.3) is 0 Å². The molecule has 0 saturated heterocycles. The fraction of sp³-hybridized carbons (Fsp3) is 0.900. The second-order valence-electron chi connectivity index (χ2n) is 6.86. The summed E-state index contributed by atoms with van der Waals surface area (Å²) >= 11 is 0. The average molecular weight is 279 g/mol. The minimum atomic E-state index is 1.09. The SMILES string of the molecule is CCCCCCC=CCCC1CC1CCCCCCC. The maximum Gasteiger partial charge on any atom is -0.0348 e. The molecule has 1 aliphatic rings. The van der Waals surface area contributed by atoms with Crippen molar-refractivity contribution in [3.8, 4) is 0 Å². The molecule has 0 amide bonds. The number of hydrogen-bond donors (Lipinski definition) is 0. The molecule has 0 aromatic rings. The summed E-state index contributed by atoms with van der Waals surface area (Å²) in [5.74, 6) is 2.19. The lowest BCUT2D eigenvalue weighted by Gasteiger charge is -2.00. The van der Waals surface area contributed by atoms with Gasteiger partial charge in [0.05, 0.1) is 0 Å². The minimum Gasteiger partial charge on any atom is -0.0885 e. The summed E-state index contributed by atoms with van der Waals surface area (Å²) < 4.78 is 0. The third kappa shape index (κ3) is 9.61. The van der Waals surface area contributed by atoms with Gasteiger partial charge in [-0.1, -0.05) is 83.8 Å². The Labute approximate surface area is 128 Å². The molecule has 2 atom stereocenters. The second-order valence-corrected chi connectivity index (χ2v) is 6.86. The van der Waals surface area contributed by atoms with Gasteiger partial charge in [-0.3, -0.25) is 0 Å². The van der Waals surface area contributed by atoms with Crippen LogP contribution in [0.4, 0.5) is 0 Å². The Morgan fingerprint density at radius 2 is 1.25 bits per heavy atom. The van der Waals surface area contributed by atoms with Gasteiger partial charge in [0.2, 0.25) is 0 Å². The van der Waals surface area contributed by atoms with Gasteiger partial charge in [-0.25, -0.2) is 0 Å². The summed E-state index contributed by atoms with van der Waals surface area (Å²) in [4.78, 5) is 0. The van der Waals surface area contributed by atoms with E-state index >= 15 is 0 Å². The number of allylic oxidation sites excluding steroid dienone is 2. The van der Waals surface area contributed by atoms with Gasteiger partial charge in [-0.2, -0.15) is 0 Å². The predicted molar refractivity (Wildman–Crippen MR) is 92.1 cm³/mol. The molecule has 0 N–H and O–H groups in total. The summed E-state index contributed by atoms with van der Waals surface area (Å²) in [5.41, 5.74) is 0. The highest BCUT2D eigenvalue weighted by molar-refractivity contribution is 4.89. The van der Waals surface area contributed by atoms with Gasteiger partial charge in [0.1, 0.15) is 0 Å². The van der Waals surface area contributed by atoms with E-state index in [1.54, 1.807) is 0 Å². The molecule has 0 bridgehead atoms. The van der Waals surface area contributed by atoms with Crippen LogP contribution < -0.4 is 0 Å². The standard InChI is InChI=1S/C20H38/c1-3-5-7-9-10-11-13-15-17-20-18-19(20)16-14-12-8-6-4-2/h11,13,19-20H,3-10,12,14-18H2,1-2H3. The van der Waals surface area contributed by atoms with Crippen molar-refractivity contribution in [1.29, 1.82) is 0 Å². The first-order chi connectivity index (χ1) is 9.88. The molecule has 1 rings (SSSR count). The fourth-order valence-electron chi connectivity index (χ4n) is 3.26. The third-order valence-corrected chi connectivity index (χ3v) is 4.84. The predicted octanol–water partition coefficient (Wildman–Crippen LogP) is 7.29. The van der Waals surface area contributed by atoms with Crippen molar-refractivity contribution in [2.75, 3.05) is 0 Å². The molecule has 0 radical (unpaired) electrons. The van der Waals surface area contributed by atoms with Crippen molar-refractivity contribution in [2.24, 2.45) is 11.8 Å². The molecule has 1 fully saturated rings. The molecule has 0 spiro atoms. The molecule has 0 heteroatoms. The van der Waals surface area contributed by atoms with Crippen LogP contribution in [0.15, 0.2) is 12.2 Å². The van der Waals surface area contributed by atoms with E-state index in [1.165, 1.54) is 89.9 Å². The van der Waals surface area contributed by atoms with Crippen molar-refractivity contribution in [3.05, 3.63) is 12.2 Å². The molecule has 1 aliphatic carbocycles. The number of rotatable bonds is 14. The first-order valence-corrected chi connectivity index (χ1v) is 9.53. The molecule has 0 aliphatic heterocycles. The average Bonchev–Trinajstić information content (AvgIpc) is 3.20. The highest BCUT2D eigenvalue weighted by atomic mass is 14.4. The molecule has 0 heterocycles. The maximum atomic E-state index is 2.45. The number of unbranched alkanes of at least 4 members (excludes halogenated alkanes) is 8. The van der Waals surface area contributed by atoms with Crippen molar-refractivity contribution >= 4 is 0 Å². The van der Waals surface area contributed by atoms with Gasteiger partial charge in [0.15, 0.2) is 0 Å². The molecule has 1 saturated carbocycles. The Hall–Kier alpha value is -0.260. The maximum absolute atomic E-state index is 2.45. The van der Waals surface area contributed by atoms with Gasteiger partial charge < -0.3 is 0 Å². The van der Waals surface area contributed by atoms with E-state index in [0.717, 1.165) is 11.8 Å². The Bertz CT molecular complexity index is 228. The summed E-state index contributed by atoms with van der Waals surface area (Å²) in [6, 6.07) is 0. The Morgan fingerprint density at radius 1 is 0.650 bits per heavy atom. The lowest BCUT2D eigenvalue weighted by Crippen LogP contribution is -1.85. The van der Waals surface area contributed by atoms with Crippen LogP contribution in [0, 0.1) is 11.8 Å². The summed E-state index contributed by atoms with van der Waals surface area (Å²) in [6.07, 6.45) is 24.9. The molecule has 0 aromatic heterocycles. The van der Waals surface area contributed by atoms with Crippen LogP contribution in [-0.2, 0) is 0 Å². The van der Waals surface area contributed by atoms with Crippen LogP contribution in [0.3, 0.4) is 0 Å². The largest absolute Gasteiger partial charge is 0.0885 e. The van der Waals surface area contributed by atoms with Crippen molar-refractivity contribution in [3.63, 3.8) is 0 Å². The van der Waals surface area contributed by atoms with Crippen LogP contribution in [0.1, 0.15) is 104 Å². The van der Waals surface area contributed by atoms with Gasteiger partial charge in [-0.15, -0.1) is 0 Å². The van der Waals surface area contributed by atoms with E-state index in [0.29, 0.717) is 0 Å². The first kappa shape index (κ1) is 17.8. The monoisotopic (exact) mass is 278 g/mol. The Balaban J connectivity index is 1.81. The van der Waals surface area contributed by atoms with E-state index in [1.807, 2.05) is 0 Å². The van der Waals surface area contributed by atoms with E-state index in [2.05, 4.69) is 26.0 Å². The zero-order valence-corrected chi connectivity index (χ0v) is 14.2. The highest BCUT2D eigenvalue weighted by Crippen LogP contribution is 2.45. The van der Waals surface area contributed by atoms with E-state index < -0.39 is 0 Å². The summed E-state index contributed by atoms with van der Waals surface area (Å²) in [6.45, 7) is 4.58. The zero-order chi connectivity index (χ0) is 14.5. The van der Waals surface area contributed by atoms with Crippen molar-refractivity contribution in [1.82, 2.24) is 0 Å². The van der Waals surface area contributed by atoms with E-state index in [9.17, 15) is 0 Å². The zero-order valence-electron chi connectivity index (χ0n) is 14.2. The lowest BCUT2D eigenvalue weighted by molar-refractivity contribution is 0.546. The van der Waals surface area contributed by atoms with E-state index in [-0.39, 0.29) is 0 Å². The molecule has 0 aromatic carbocycles. The topological polar surface area (TPSA) is 0 Å². The fourth-order valence-corrected chi connectivity index (χ4v) is 3.26. The molecule has 2 unspecified atom stereocenters. The van der Waals surface area contributed by atoms with Gasteiger partial charge in [-0.05, 0) is 43.9 Å². The molecule has 0 nitrogen and oxygen atoms in total. The summed E-state index contributed by atoms with van der Waals surface area (Å²) in [5, 5.41) is 0. The van der Waals surface area contributed by atoms with E-state index in [4.69, 9.17) is 0 Å². The highest BCUT2D eigenvalue weighted by Gasteiger charge is 2.34. The van der Waals surface area contributed by atoms with Crippen LogP contribution in [0.2, 0.25) is 0 Å². The van der Waals surface area contributed by atoms with Crippen LogP contribution in [-0.4, -0.2) is 0 Å². The van der Waals surface area contributed by atoms with Gasteiger partial charge in [0, 0.05) is 0 Å². The van der Waals surface area contributed by atoms with Crippen molar-refractivity contribution in [2.45, 2.75) is 104 Å². The van der Waals surface area contributed by atoms with Gasteiger partial charge >= 0.3 is 0 Å². The summed E-state index contributed by atoms with van der Waals surface area (Å²) in [7, 11) is 0. The quantitative estimate of drug-likeness (QED) is 0.231. The van der Waals surface area contributed by atoms with Crippen LogP contribution >= 0.6 is 0 Å². The lowest BCUT2D eigenvalue weighted by atomic mass is 10.1. The Kier molecular flexibility index (Phi) is 11.1. The smallest absolute Gasteiger partial charge is 0.0348 e. The van der Waals surface area contributed by atoms with Crippen molar-refractivity contribution < 1.29 is 0 Å². The third-order valence-electron chi connectivity index (χ3n) is 4.84. The molecule has 20 heavy (non-hydrogen) atoms.